The highest BCUT2D eigenvalue weighted by Gasteiger charge is 2.19. The maximum atomic E-state index is 6.06. The van der Waals surface area contributed by atoms with Crippen LogP contribution in [0.25, 0.3) is 0 Å². The summed E-state index contributed by atoms with van der Waals surface area (Å²) in [6, 6.07) is 16.6. The second-order valence-corrected chi connectivity index (χ2v) is 4.94. The molecule has 2 nitrogen and oxygen atoms in total. The van der Waals surface area contributed by atoms with Crippen LogP contribution in [0.5, 0.6) is 11.5 Å². The van der Waals surface area contributed by atoms with E-state index in [0.717, 1.165) is 30.8 Å². The van der Waals surface area contributed by atoms with Crippen LogP contribution in [0.2, 0.25) is 0 Å². The standard InChI is InChI=1S/C17H18O2/c1-18-15-9-6-13(7-10-15)12-16-11-8-14-4-2-3-5-17(14)19-16/h2-7,9-10,16H,8,11-12H2,1H3/t16-/m1/s1. The number of methoxy groups -OCH3 is 1. The minimum atomic E-state index is 0.281. The first kappa shape index (κ1) is 12.1. The predicted octanol–water partition coefficient (Wildman–Crippen LogP) is 3.63. The van der Waals surface area contributed by atoms with Gasteiger partial charge in [-0.25, -0.2) is 0 Å². The van der Waals surface area contributed by atoms with Crippen molar-refractivity contribution in [2.24, 2.45) is 0 Å². The van der Waals surface area contributed by atoms with E-state index in [2.05, 4.69) is 30.3 Å². The third-order valence-electron chi connectivity index (χ3n) is 3.62. The third kappa shape index (κ3) is 2.73. The van der Waals surface area contributed by atoms with Crippen LogP contribution in [0.3, 0.4) is 0 Å². The zero-order valence-electron chi connectivity index (χ0n) is 11.1. The average molecular weight is 254 g/mol. The normalized spacial score (nSPS) is 17.4. The summed E-state index contributed by atoms with van der Waals surface area (Å²) in [5.41, 5.74) is 2.62. The summed E-state index contributed by atoms with van der Waals surface area (Å²) >= 11 is 0. The predicted molar refractivity (Wildman–Crippen MR) is 75.9 cm³/mol. The van der Waals surface area contributed by atoms with Crippen molar-refractivity contribution in [3.05, 3.63) is 59.7 Å². The number of para-hydroxylation sites is 1. The van der Waals surface area contributed by atoms with Crippen molar-refractivity contribution in [3.63, 3.8) is 0 Å². The maximum Gasteiger partial charge on any atom is 0.122 e. The third-order valence-corrected chi connectivity index (χ3v) is 3.62. The summed E-state index contributed by atoms with van der Waals surface area (Å²) in [6.07, 6.45) is 3.43. The molecule has 0 radical (unpaired) electrons. The molecule has 0 bridgehead atoms. The van der Waals surface area contributed by atoms with Crippen molar-refractivity contribution < 1.29 is 9.47 Å². The van der Waals surface area contributed by atoms with Crippen molar-refractivity contribution in [1.82, 2.24) is 0 Å². The van der Waals surface area contributed by atoms with Crippen LogP contribution in [0.1, 0.15) is 17.5 Å². The first-order chi connectivity index (χ1) is 9.35. The number of aryl methyl sites for hydroxylation is 1. The van der Waals surface area contributed by atoms with Gasteiger partial charge in [-0.15, -0.1) is 0 Å². The van der Waals surface area contributed by atoms with Crippen LogP contribution >= 0.6 is 0 Å². The topological polar surface area (TPSA) is 18.5 Å². The second-order valence-electron chi connectivity index (χ2n) is 4.94. The molecule has 3 rings (SSSR count). The van der Waals surface area contributed by atoms with Gasteiger partial charge in [0, 0.05) is 6.42 Å². The highest BCUT2D eigenvalue weighted by molar-refractivity contribution is 5.35. The Hall–Kier alpha value is -1.96. The summed E-state index contributed by atoms with van der Waals surface area (Å²) < 4.78 is 11.2. The Morgan fingerprint density at radius 3 is 2.68 bits per heavy atom. The van der Waals surface area contributed by atoms with E-state index in [1.54, 1.807) is 7.11 Å². The number of benzene rings is 2. The van der Waals surface area contributed by atoms with E-state index in [4.69, 9.17) is 9.47 Å². The lowest BCUT2D eigenvalue weighted by atomic mass is 9.98. The molecule has 0 fully saturated rings. The fraction of sp³-hybridized carbons (Fsp3) is 0.294. The van der Waals surface area contributed by atoms with Gasteiger partial charge in [0.1, 0.15) is 17.6 Å². The average Bonchev–Trinajstić information content (AvgIpc) is 2.48. The second kappa shape index (κ2) is 5.35. The van der Waals surface area contributed by atoms with Gasteiger partial charge in [-0.05, 0) is 42.2 Å². The minimum absolute atomic E-state index is 0.281. The van der Waals surface area contributed by atoms with E-state index >= 15 is 0 Å². The monoisotopic (exact) mass is 254 g/mol. The van der Waals surface area contributed by atoms with Crippen LogP contribution in [0.4, 0.5) is 0 Å². The van der Waals surface area contributed by atoms with E-state index in [9.17, 15) is 0 Å². The van der Waals surface area contributed by atoms with Gasteiger partial charge in [-0.3, -0.25) is 0 Å². The van der Waals surface area contributed by atoms with E-state index in [0.29, 0.717) is 0 Å². The van der Waals surface area contributed by atoms with Gasteiger partial charge >= 0.3 is 0 Å². The number of ether oxygens (including phenoxy) is 2. The molecule has 0 spiro atoms. The molecule has 2 aromatic rings. The molecule has 1 atom stereocenters. The van der Waals surface area contributed by atoms with Gasteiger partial charge in [0.2, 0.25) is 0 Å². The molecule has 0 saturated heterocycles. The Bertz CT molecular complexity index is 545. The van der Waals surface area contributed by atoms with Crippen LogP contribution in [-0.2, 0) is 12.8 Å². The van der Waals surface area contributed by atoms with Crippen LogP contribution < -0.4 is 9.47 Å². The van der Waals surface area contributed by atoms with Crippen LogP contribution in [0, 0.1) is 0 Å². The summed E-state index contributed by atoms with van der Waals surface area (Å²) in [7, 11) is 1.69. The molecular formula is C17H18O2. The highest BCUT2D eigenvalue weighted by Crippen LogP contribution is 2.28. The molecule has 98 valence electrons. The first-order valence-corrected chi connectivity index (χ1v) is 6.72. The van der Waals surface area contributed by atoms with Crippen molar-refractivity contribution in [2.75, 3.05) is 7.11 Å². The largest absolute Gasteiger partial charge is 0.497 e. The Balaban J connectivity index is 1.68. The summed E-state index contributed by atoms with van der Waals surface area (Å²) in [5, 5.41) is 0. The number of hydrogen-bond acceptors (Lipinski definition) is 2. The van der Waals surface area contributed by atoms with Crippen molar-refractivity contribution >= 4 is 0 Å². The lowest BCUT2D eigenvalue weighted by Gasteiger charge is -2.26. The quantitative estimate of drug-likeness (QED) is 0.832. The zero-order valence-corrected chi connectivity index (χ0v) is 11.1. The number of rotatable bonds is 3. The van der Waals surface area contributed by atoms with Gasteiger partial charge in [-0.2, -0.15) is 0 Å². The molecule has 0 N–H and O–H groups in total. The summed E-state index contributed by atoms with van der Waals surface area (Å²) in [4.78, 5) is 0. The molecule has 1 heterocycles. The molecule has 2 aromatic carbocycles. The van der Waals surface area contributed by atoms with Crippen molar-refractivity contribution in [2.45, 2.75) is 25.4 Å². The highest BCUT2D eigenvalue weighted by atomic mass is 16.5. The smallest absolute Gasteiger partial charge is 0.122 e. The fourth-order valence-corrected chi connectivity index (χ4v) is 2.55. The summed E-state index contributed by atoms with van der Waals surface area (Å²) in [5.74, 6) is 1.95. The molecular weight excluding hydrogens is 236 g/mol. The SMILES string of the molecule is COc1ccc(C[C@H]2CCc3ccccc3O2)cc1. The molecule has 0 aromatic heterocycles. The van der Waals surface area contributed by atoms with Gasteiger partial charge < -0.3 is 9.47 Å². The Morgan fingerprint density at radius 2 is 1.89 bits per heavy atom. The fourth-order valence-electron chi connectivity index (χ4n) is 2.55. The molecule has 1 aliphatic rings. The molecule has 19 heavy (non-hydrogen) atoms. The Kier molecular flexibility index (Phi) is 3.41. The molecule has 0 unspecified atom stereocenters. The Morgan fingerprint density at radius 1 is 1.11 bits per heavy atom. The Labute approximate surface area is 114 Å². The van der Waals surface area contributed by atoms with Crippen molar-refractivity contribution in [1.29, 1.82) is 0 Å². The maximum absolute atomic E-state index is 6.06. The molecule has 1 aliphatic heterocycles. The van der Waals surface area contributed by atoms with Crippen LogP contribution in [0.15, 0.2) is 48.5 Å². The number of fused-ring (bicyclic) bond motifs is 1. The molecule has 2 heteroatoms. The van der Waals surface area contributed by atoms with Gasteiger partial charge in [0.25, 0.3) is 0 Å². The molecule has 0 aliphatic carbocycles. The molecule has 0 amide bonds. The first-order valence-electron chi connectivity index (χ1n) is 6.72. The minimum Gasteiger partial charge on any atom is -0.497 e. The van der Waals surface area contributed by atoms with E-state index < -0.39 is 0 Å². The van der Waals surface area contributed by atoms with E-state index in [1.165, 1.54) is 11.1 Å². The van der Waals surface area contributed by atoms with Gasteiger partial charge in [0.05, 0.1) is 7.11 Å². The summed E-state index contributed by atoms with van der Waals surface area (Å²) in [6.45, 7) is 0. The lowest BCUT2D eigenvalue weighted by Crippen LogP contribution is -2.24. The van der Waals surface area contributed by atoms with Gasteiger partial charge in [0.15, 0.2) is 0 Å². The molecule has 0 saturated carbocycles. The van der Waals surface area contributed by atoms with Crippen LogP contribution in [-0.4, -0.2) is 13.2 Å². The van der Waals surface area contributed by atoms with E-state index in [1.807, 2.05) is 18.2 Å². The van der Waals surface area contributed by atoms with Crippen molar-refractivity contribution in [3.8, 4) is 11.5 Å². The van der Waals surface area contributed by atoms with E-state index in [-0.39, 0.29) is 6.10 Å². The number of hydrogen-bond donors (Lipinski definition) is 0. The van der Waals surface area contributed by atoms with Gasteiger partial charge in [-0.1, -0.05) is 30.3 Å². The zero-order chi connectivity index (χ0) is 13.1. The lowest BCUT2D eigenvalue weighted by molar-refractivity contribution is 0.174.